The van der Waals surface area contributed by atoms with Gasteiger partial charge in [-0.25, -0.2) is 0 Å². The molecule has 1 atom stereocenters. The molecular weight excluding hydrogens is 339 g/mol. The maximum absolute atomic E-state index is 5.98. The fourth-order valence-electron chi connectivity index (χ4n) is 1.87. The molecule has 0 aliphatic heterocycles. The van der Waals surface area contributed by atoms with Gasteiger partial charge in [0.15, 0.2) is 0 Å². The van der Waals surface area contributed by atoms with Gasteiger partial charge in [-0.05, 0) is 24.8 Å². The van der Waals surface area contributed by atoms with Gasteiger partial charge in [-0.1, -0.05) is 54.6 Å². The Bertz CT molecular complexity index is 339. The molecule has 1 unspecified atom stereocenters. The normalized spacial score (nSPS) is 12.7. The Balaban J connectivity index is 2.54. The number of halogens is 1. The van der Waals surface area contributed by atoms with Crippen LogP contribution < -0.4 is 4.74 Å². The summed E-state index contributed by atoms with van der Waals surface area (Å²) in [5.41, 5.74) is 1.15. The predicted molar refractivity (Wildman–Crippen MR) is 84.6 cm³/mol. The van der Waals surface area contributed by atoms with Gasteiger partial charge in [-0.15, -0.1) is 0 Å². The summed E-state index contributed by atoms with van der Waals surface area (Å²) in [7, 11) is 1.71. The van der Waals surface area contributed by atoms with Crippen molar-refractivity contribution in [3.05, 3.63) is 29.8 Å². The number of hydrogen-bond acceptors (Lipinski definition) is 2. The third kappa shape index (κ3) is 5.14. The lowest BCUT2D eigenvalue weighted by Crippen LogP contribution is -2.09. The lowest BCUT2D eigenvalue weighted by molar-refractivity contribution is 0.0649. The Morgan fingerprint density at radius 1 is 1.22 bits per heavy atom. The van der Waals surface area contributed by atoms with Crippen LogP contribution in [0.2, 0.25) is 0 Å². The predicted octanol–water partition coefficient (Wildman–Crippen LogP) is 4.62. The van der Waals surface area contributed by atoms with E-state index in [1.165, 1.54) is 6.42 Å². The van der Waals surface area contributed by atoms with Crippen LogP contribution in [0.15, 0.2) is 24.3 Å². The van der Waals surface area contributed by atoms with Gasteiger partial charge in [0, 0.05) is 16.6 Å². The van der Waals surface area contributed by atoms with Crippen LogP contribution in [0.1, 0.15) is 38.4 Å². The molecule has 0 saturated carbocycles. The van der Waals surface area contributed by atoms with Gasteiger partial charge < -0.3 is 9.47 Å². The van der Waals surface area contributed by atoms with Crippen molar-refractivity contribution < 1.29 is 9.47 Å². The molecule has 1 rings (SSSR count). The molecule has 1 aromatic rings. The standard InChI is InChI=1S/C15H23IO2/c1-12(2)7-6-10-18-15(11-16)13-8-4-5-9-14(13)17-3/h4-5,8-9,12,15H,6-7,10-11H2,1-3H3. The highest BCUT2D eigenvalue weighted by atomic mass is 127. The van der Waals surface area contributed by atoms with Gasteiger partial charge in [-0.2, -0.15) is 0 Å². The van der Waals surface area contributed by atoms with Crippen molar-refractivity contribution in [2.75, 3.05) is 18.1 Å². The summed E-state index contributed by atoms with van der Waals surface area (Å²) in [4.78, 5) is 0. The highest BCUT2D eigenvalue weighted by Crippen LogP contribution is 2.29. The van der Waals surface area contributed by atoms with Crippen LogP contribution in [0.4, 0.5) is 0 Å². The molecule has 0 heterocycles. The van der Waals surface area contributed by atoms with Gasteiger partial charge in [0.05, 0.1) is 13.2 Å². The number of methoxy groups -OCH3 is 1. The summed E-state index contributed by atoms with van der Waals surface area (Å²) in [6.07, 6.45) is 2.48. The smallest absolute Gasteiger partial charge is 0.124 e. The monoisotopic (exact) mass is 362 g/mol. The van der Waals surface area contributed by atoms with Gasteiger partial charge in [0.2, 0.25) is 0 Å². The minimum absolute atomic E-state index is 0.133. The van der Waals surface area contributed by atoms with Crippen LogP contribution in [0.5, 0.6) is 5.75 Å². The van der Waals surface area contributed by atoms with Crippen LogP contribution >= 0.6 is 22.6 Å². The summed E-state index contributed by atoms with van der Waals surface area (Å²) in [5.74, 6) is 1.67. The van der Waals surface area contributed by atoms with Gasteiger partial charge >= 0.3 is 0 Å². The molecule has 18 heavy (non-hydrogen) atoms. The molecule has 0 spiro atoms. The van der Waals surface area contributed by atoms with Crippen LogP contribution in [0.25, 0.3) is 0 Å². The summed E-state index contributed by atoms with van der Waals surface area (Å²) in [5, 5.41) is 0. The van der Waals surface area contributed by atoms with E-state index in [0.717, 1.165) is 34.7 Å². The molecule has 0 aliphatic rings. The van der Waals surface area contributed by atoms with E-state index in [2.05, 4.69) is 42.5 Å². The van der Waals surface area contributed by atoms with Crippen LogP contribution in [0.3, 0.4) is 0 Å². The molecule has 0 radical (unpaired) electrons. The minimum atomic E-state index is 0.133. The fourth-order valence-corrected chi connectivity index (χ4v) is 2.60. The van der Waals surface area contributed by atoms with Gasteiger partial charge in [0.25, 0.3) is 0 Å². The molecule has 2 nitrogen and oxygen atoms in total. The average Bonchev–Trinajstić information content (AvgIpc) is 2.38. The molecular formula is C15H23IO2. The first-order chi connectivity index (χ1) is 8.69. The van der Waals surface area contributed by atoms with Crippen molar-refractivity contribution in [2.45, 2.75) is 32.8 Å². The average molecular weight is 362 g/mol. The zero-order valence-corrected chi connectivity index (χ0v) is 13.6. The number of rotatable bonds is 8. The number of hydrogen-bond donors (Lipinski definition) is 0. The molecule has 0 amide bonds. The van der Waals surface area contributed by atoms with Gasteiger partial charge in [-0.3, -0.25) is 0 Å². The Morgan fingerprint density at radius 2 is 1.94 bits per heavy atom. The molecule has 0 bridgehead atoms. The lowest BCUT2D eigenvalue weighted by atomic mass is 10.1. The Hall–Kier alpha value is -0.290. The molecule has 1 aromatic carbocycles. The molecule has 0 fully saturated rings. The van der Waals surface area contributed by atoms with E-state index >= 15 is 0 Å². The summed E-state index contributed by atoms with van der Waals surface area (Å²) in [6, 6.07) is 8.11. The van der Waals surface area contributed by atoms with Crippen LogP contribution in [0, 0.1) is 5.92 Å². The third-order valence-electron chi connectivity index (χ3n) is 2.87. The highest BCUT2D eigenvalue weighted by molar-refractivity contribution is 14.1. The van der Waals surface area contributed by atoms with Gasteiger partial charge in [0.1, 0.15) is 5.75 Å². The first kappa shape index (κ1) is 15.8. The topological polar surface area (TPSA) is 18.5 Å². The Morgan fingerprint density at radius 3 is 2.56 bits per heavy atom. The van der Waals surface area contributed by atoms with Crippen molar-refractivity contribution in [3.63, 3.8) is 0 Å². The zero-order chi connectivity index (χ0) is 13.4. The minimum Gasteiger partial charge on any atom is -0.496 e. The lowest BCUT2D eigenvalue weighted by Gasteiger charge is -2.18. The molecule has 0 saturated heterocycles. The third-order valence-corrected chi connectivity index (χ3v) is 3.67. The van der Waals surface area contributed by atoms with E-state index in [1.54, 1.807) is 7.11 Å². The van der Waals surface area contributed by atoms with Crippen LogP contribution in [-0.2, 0) is 4.74 Å². The molecule has 0 aliphatic carbocycles. The van der Waals surface area contributed by atoms with E-state index in [0.29, 0.717) is 0 Å². The number of ether oxygens (including phenoxy) is 2. The van der Waals surface area contributed by atoms with E-state index in [-0.39, 0.29) is 6.10 Å². The summed E-state index contributed by atoms with van der Waals surface area (Å²) in [6.45, 7) is 5.32. The second-order valence-electron chi connectivity index (χ2n) is 4.79. The molecule has 0 aromatic heterocycles. The maximum atomic E-state index is 5.98. The second kappa shape index (κ2) is 8.75. The fraction of sp³-hybridized carbons (Fsp3) is 0.600. The van der Waals surface area contributed by atoms with Crippen molar-refractivity contribution in [1.82, 2.24) is 0 Å². The first-order valence-corrected chi connectivity index (χ1v) is 8.02. The van der Waals surface area contributed by atoms with E-state index < -0.39 is 0 Å². The Kier molecular flexibility index (Phi) is 7.66. The number of para-hydroxylation sites is 1. The highest BCUT2D eigenvalue weighted by Gasteiger charge is 2.14. The zero-order valence-electron chi connectivity index (χ0n) is 11.5. The van der Waals surface area contributed by atoms with Crippen molar-refractivity contribution in [3.8, 4) is 5.75 Å². The first-order valence-electron chi connectivity index (χ1n) is 6.49. The summed E-state index contributed by atoms with van der Waals surface area (Å²) >= 11 is 2.37. The largest absolute Gasteiger partial charge is 0.496 e. The Labute approximate surface area is 124 Å². The van der Waals surface area contributed by atoms with Crippen molar-refractivity contribution >= 4 is 22.6 Å². The molecule has 0 N–H and O–H groups in total. The quantitative estimate of drug-likeness (QED) is 0.382. The van der Waals surface area contributed by atoms with Crippen molar-refractivity contribution in [2.24, 2.45) is 5.92 Å². The van der Waals surface area contributed by atoms with E-state index in [4.69, 9.17) is 9.47 Å². The maximum Gasteiger partial charge on any atom is 0.124 e. The molecule has 3 heteroatoms. The molecule has 102 valence electrons. The van der Waals surface area contributed by atoms with E-state index in [9.17, 15) is 0 Å². The summed E-state index contributed by atoms with van der Waals surface area (Å²) < 4.78 is 12.3. The van der Waals surface area contributed by atoms with Crippen LogP contribution in [-0.4, -0.2) is 18.1 Å². The van der Waals surface area contributed by atoms with E-state index in [1.807, 2.05) is 18.2 Å². The number of benzene rings is 1. The number of alkyl halides is 1. The van der Waals surface area contributed by atoms with Crippen molar-refractivity contribution in [1.29, 1.82) is 0 Å². The SMILES string of the molecule is COc1ccccc1C(CI)OCCCC(C)C. The second-order valence-corrected chi connectivity index (χ2v) is 5.67.